The number of nitrogens with zero attached hydrogens (tertiary/aromatic N) is 1. The van der Waals surface area contributed by atoms with E-state index < -0.39 is 0 Å². The highest BCUT2D eigenvalue weighted by molar-refractivity contribution is 6.32. The SMILES string of the molecule is CNC(=O)c1cc(Cl)cc2cn[nH]c12. The van der Waals surface area contributed by atoms with Crippen LogP contribution < -0.4 is 5.32 Å². The Morgan fingerprint density at radius 2 is 2.36 bits per heavy atom. The quantitative estimate of drug-likeness (QED) is 0.749. The van der Waals surface area contributed by atoms with Crippen LogP contribution in [0.15, 0.2) is 18.3 Å². The molecule has 1 aromatic carbocycles. The fraction of sp³-hybridized carbons (Fsp3) is 0.111. The molecule has 4 nitrogen and oxygen atoms in total. The Labute approximate surface area is 85.3 Å². The molecule has 2 N–H and O–H groups in total. The smallest absolute Gasteiger partial charge is 0.253 e. The molecular formula is C9H8ClN3O. The van der Waals surface area contributed by atoms with Gasteiger partial charge in [0, 0.05) is 17.5 Å². The molecule has 0 saturated carbocycles. The van der Waals surface area contributed by atoms with Crippen LogP contribution in [-0.4, -0.2) is 23.2 Å². The van der Waals surface area contributed by atoms with Gasteiger partial charge in [-0.05, 0) is 12.1 Å². The minimum absolute atomic E-state index is 0.179. The van der Waals surface area contributed by atoms with Crippen LogP contribution in [0, 0.1) is 0 Å². The Kier molecular flexibility index (Phi) is 2.13. The number of aromatic amines is 1. The minimum atomic E-state index is -0.179. The van der Waals surface area contributed by atoms with E-state index in [2.05, 4.69) is 15.5 Å². The van der Waals surface area contributed by atoms with E-state index in [0.717, 1.165) is 5.39 Å². The summed E-state index contributed by atoms with van der Waals surface area (Å²) in [6, 6.07) is 3.37. The molecule has 0 aliphatic heterocycles. The molecule has 0 aliphatic rings. The minimum Gasteiger partial charge on any atom is -0.355 e. The molecule has 2 rings (SSSR count). The predicted octanol–water partition coefficient (Wildman–Crippen LogP) is 1.58. The molecule has 5 heteroatoms. The fourth-order valence-electron chi connectivity index (χ4n) is 1.33. The molecule has 0 unspecified atom stereocenters. The van der Waals surface area contributed by atoms with E-state index in [0.29, 0.717) is 16.1 Å². The zero-order chi connectivity index (χ0) is 10.1. The number of carbonyl (C=O) groups is 1. The van der Waals surface area contributed by atoms with Gasteiger partial charge in [0.05, 0.1) is 17.3 Å². The summed E-state index contributed by atoms with van der Waals surface area (Å²) in [5.41, 5.74) is 1.21. The van der Waals surface area contributed by atoms with Crippen LogP contribution in [0.2, 0.25) is 5.02 Å². The molecule has 1 aromatic heterocycles. The van der Waals surface area contributed by atoms with E-state index >= 15 is 0 Å². The second-order valence-corrected chi connectivity index (χ2v) is 3.30. The van der Waals surface area contributed by atoms with Crippen molar-refractivity contribution >= 4 is 28.4 Å². The summed E-state index contributed by atoms with van der Waals surface area (Å²) < 4.78 is 0. The Morgan fingerprint density at radius 1 is 1.57 bits per heavy atom. The van der Waals surface area contributed by atoms with Crippen LogP contribution in [-0.2, 0) is 0 Å². The lowest BCUT2D eigenvalue weighted by atomic mass is 10.1. The second kappa shape index (κ2) is 3.31. The van der Waals surface area contributed by atoms with Gasteiger partial charge in [0.1, 0.15) is 0 Å². The van der Waals surface area contributed by atoms with E-state index in [1.54, 1.807) is 25.4 Å². The standard InChI is InChI=1S/C9H8ClN3O/c1-11-9(14)7-3-6(10)2-5-4-12-13-8(5)7/h2-4H,1H3,(H,11,14)(H,12,13). The molecule has 0 radical (unpaired) electrons. The molecule has 0 aliphatic carbocycles. The molecule has 1 amide bonds. The molecule has 14 heavy (non-hydrogen) atoms. The van der Waals surface area contributed by atoms with Crippen molar-refractivity contribution in [3.63, 3.8) is 0 Å². The van der Waals surface area contributed by atoms with Gasteiger partial charge in [-0.3, -0.25) is 9.89 Å². The summed E-state index contributed by atoms with van der Waals surface area (Å²) in [5.74, 6) is -0.179. The summed E-state index contributed by atoms with van der Waals surface area (Å²) in [7, 11) is 1.57. The molecule has 1 heterocycles. The lowest BCUT2D eigenvalue weighted by molar-refractivity contribution is 0.0964. The van der Waals surface area contributed by atoms with E-state index in [9.17, 15) is 4.79 Å². The average molecular weight is 210 g/mol. The van der Waals surface area contributed by atoms with Crippen molar-refractivity contribution in [1.29, 1.82) is 0 Å². The zero-order valence-corrected chi connectivity index (χ0v) is 8.22. The van der Waals surface area contributed by atoms with Crippen LogP contribution in [0.25, 0.3) is 10.9 Å². The predicted molar refractivity (Wildman–Crippen MR) is 54.5 cm³/mol. The van der Waals surface area contributed by atoms with Crippen LogP contribution in [0.1, 0.15) is 10.4 Å². The van der Waals surface area contributed by atoms with Crippen molar-refractivity contribution in [2.24, 2.45) is 0 Å². The van der Waals surface area contributed by atoms with Crippen LogP contribution in [0.4, 0.5) is 0 Å². The largest absolute Gasteiger partial charge is 0.355 e. The molecule has 0 saturated heterocycles. The van der Waals surface area contributed by atoms with Crippen molar-refractivity contribution in [3.8, 4) is 0 Å². The summed E-state index contributed by atoms with van der Waals surface area (Å²) in [6.07, 6.45) is 1.63. The van der Waals surface area contributed by atoms with Crippen molar-refractivity contribution in [1.82, 2.24) is 15.5 Å². The maximum Gasteiger partial charge on any atom is 0.253 e. The van der Waals surface area contributed by atoms with E-state index in [1.165, 1.54) is 0 Å². The van der Waals surface area contributed by atoms with Gasteiger partial charge < -0.3 is 5.32 Å². The van der Waals surface area contributed by atoms with Gasteiger partial charge >= 0.3 is 0 Å². The lowest BCUT2D eigenvalue weighted by Gasteiger charge is -2.01. The Bertz CT molecular complexity index is 492. The van der Waals surface area contributed by atoms with E-state index in [-0.39, 0.29) is 5.91 Å². The molecule has 0 atom stereocenters. The maximum atomic E-state index is 11.5. The van der Waals surface area contributed by atoms with Gasteiger partial charge in [0.2, 0.25) is 0 Å². The topological polar surface area (TPSA) is 57.8 Å². The highest BCUT2D eigenvalue weighted by Gasteiger charge is 2.10. The molecular weight excluding hydrogens is 202 g/mol. The number of hydrogen-bond acceptors (Lipinski definition) is 2. The molecule has 0 fully saturated rings. The number of benzene rings is 1. The van der Waals surface area contributed by atoms with Gasteiger partial charge in [0.25, 0.3) is 5.91 Å². The number of hydrogen-bond donors (Lipinski definition) is 2. The van der Waals surface area contributed by atoms with Crippen LogP contribution in [0.5, 0.6) is 0 Å². The van der Waals surface area contributed by atoms with E-state index in [4.69, 9.17) is 11.6 Å². The third-order valence-corrected chi connectivity index (χ3v) is 2.20. The molecule has 2 aromatic rings. The summed E-state index contributed by atoms with van der Waals surface area (Å²) in [4.78, 5) is 11.5. The van der Waals surface area contributed by atoms with Crippen molar-refractivity contribution in [3.05, 3.63) is 28.9 Å². The number of H-pyrrole nitrogens is 1. The van der Waals surface area contributed by atoms with Crippen molar-refractivity contribution in [2.75, 3.05) is 7.05 Å². The van der Waals surface area contributed by atoms with Crippen LogP contribution in [0.3, 0.4) is 0 Å². The number of rotatable bonds is 1. The molecule has 0 bridgehead atoms. The normalized spacial score (nSPS) is 10.4. The summed E-state index contributed by atoms with van der Waals surface area (Å²) in [5, 5.41) is 10.5. The molecule has 0 spiro atoms. The highest BCUT2D eigenvalue weighted by atomic mass is 35.5. The number of fused-ring (bicyclic) bond motifs is 1. The number of aromatic nitrogens is 2. The Balaban J connectivity index is 2.72. The monoisotopic (exact) mass is 209 g/mol. The number of carbonyl (C=O) groups excluding carboxylic acids is 1. The fourth-order valence-corrected chi connectivity index (χ4v) is 1.56. The van der Waals surface area contributed by atoms with Crippen molar-refractivity contribution < 1.29 is 4.79 Å². The van der Waals surface area contributed by atoms with Crippen molar-refractivity contribution in [2.45, 2.75) is 0 Å². The lowest BCUT2D eigenvalue weighted by Crippen LogP contribution is -2.18. The van der Waals surface area contributed by atoms with Gasteiger partial charge in [-0.15, -0.1) is 0 Å². The van der Waals surface area contributed by atoms with Gasteiger partial charge in [-0.2, -0.15) is 5.10 Å². The third-order valence-electron chi connectivity index (χ3n) is 1.99. The highest BCUT2D eigenvalue weighted by Crippen LogP contribution is 2.21. The number of amides is 1. The average Bonchev–Trinajstić information content (AvgIpc) is 2.62. The maximum absolute atomic E-state index is 11.5. The summed E-state index contributed by atoms with van der Waals surface area (Å²) >= 11 is 5.86. The first-order valence-electron chi connectivity index (χ1n) is 4.07. The van der Waals surface area contributed by atoms with Gasteiger partial charge in [0.15, 0.2) is 0 Å². The Morgan fingerprint density at radius 3 is 3.07 bits per heavy atom. The Hall–Kier alpha value is -1.55. The van der Waals surface area contributed by atoms with Crippen LogP contribution >= 0.6 is 11.6 Å². The first-order valence-corrected chi connectivity index (χ1v) is 4.45. The zero-order valence-electron chi connectivity index (χ0n) is 7.47. The van der Waals surface area contributed by atoms with Gasteiger partial charge in [-0.1, -0.05) is 11.6 Å². The number of nitrogens with one attached hydrogen (secondary N) is 2. The van der Waals surface area contributed by atoms with Gasteiger partial charge in [-0.25, -0.2) is 0 Å². The number of halogens is 1. The third kappa shape index (κ3) is 1.33. The first kappa shape index (κ1) is 9.02. The summed E-state index contributed by atoms with van der Waals surface area (Å²) in [6.45, 7) is 0. The second-order valence-electron chi connectivity index (χ2n) is 2.87. The first-order chi connectivity index (χ1) is 6.72. The molecule has 72 valence electrons. The van der Waals surface area contributed by atoms with E-state index in [1.807, 2.05) is 0 Å².